The summed E-state index contributed by atoms with van der Waals surface area (Å²) in [6.07, 6.45) is 3.96. The number of aromatic carboxylic acids is 1. The number of aromatic nitrogens is 2. The lowest BCUT2D eigenvalue weighted by Crippen LogP contribution is -2.33. The van der Waals surface area contributed by atoms with E-state index in [1.54, 1.807) is 18.3 Å². The highest BCUT2D eigenvalue weighted by molar-refractivity contribution is 5.87. The molecule has 3 heterocycles. The van der Waals surface area contributed by atoms with E-state index in [4.69, 9.17) is 9.52 Å². The van der Waals surface area contributed by atoms with Crippen LogP contribution in [0.25, 0.3) is 11.5 Å². The number of piperidine rings is 1. The largest absolute Gasteiger partial charge is 0.478 e. The first-order valence-electron chi connectivity index (χ1n) is 8.83. The monoisotopic (exact) mass is 351 g/mol. The second-order valence-electron chi connectivity index (χ2n) is 6.74. The van der Waals surface area contributed by atoms with Gasteiger partial charge in [-0.3, -0.25) is 10.00 Å². The van der Waals surface area contributed by atoms with Crippen LogP contribution >= 0.6 is 0 Å². The first-order valence-corrected chi connectivity index (χ1v) is 8.83. The molecule has 1 atom stereocenters. The van der Waals surface area contributed by atoms with Gasteiger partial charge in [0.15, 0.2) is 5.76 Å². The minimum Gasteiger partial charge on any atom is -0.478 e. The number of furan rings is 1. The zero-order valence-electron chi connectivity index (χ0n) is 14.4. The van der Waals surface area contributed by atoms with Crippen LogP contribution in [-0.4, -0.2) is 39.3 Å². The molecule has 0 spiro atoms. The zero-order valence-corrected chi connectivity index (χ0v) is 14.4. The Labute approximate surface area is 151 Å². The number of hydrogen-bond acceptors (Lipinski definition) is 4. The minimum atomic E-state index is -0.882. The van der Waals surface area contributed by atoms with Crippen LogP contribution in [0.4, 0.5) is 0 Å². The second kappa shape index (κ2) is 7.17. The molecule has 1 aromatic carbocycles. The van der Waals surface area contributed by atoms with E-state index in [1.165, 1.54) is 5.56 Å². The highest BCUT2D eigenvalue weighted by Gasteiger charge is 2.22. The molecule has 0 saturated carbocycles. The number of H-pyrrole nitrogens is 1. The summed E-state index contributed by atoms with van der Waals surface area (Å²) in [5.74, 6) is 1.29. The molecule has 0 radical (unpaired) electrons. The van der Waals surface area contributed by atoms with Crippen LogP contribution in [0.3, 0.4) is 0 Å². The van der Waals surface area contributed by atoms with E-state index >= 15 is 0 Å². The lowest BCUT2D eigenvalue weighted by molar-refractivity contribution is 0.0697. The van der Waals surface area contributed by atoms with Crippen molar-refractivity contribution >= 4 is 5.97 Å². The maximum absolute atomic E-state index is 11.0. The van der Waals surface area contributed by atoms with E-state index in [1.807, 2.05) is 30.3 Å². The van der Waals surface area contributed by atoms with E-state index in [-0.39, 0.29) is 0 Å². The van der Waals surface area contributed by atoms with Crippen LogP contribution in [0.2, 0.25) is 0 Å². The van der Waals surface area contributed by atoms with Gasteiger partial charge in [-0.1, -0.05) is 12.1 Å². The Kier molecular flexibility index (Phi) is 4.58. The van der Waals surface area contributed by atoms with Crippen molar-refractivity contribution < 1.29 is 14.3 Å². The fourth-order valence-corrected chi connectivity index (χ4v) is 3.59. The number of carbonyl (C=O) groups is 1. The molecule has 1 aliphatic heterocycles. The van der Waals surface area contributed by atoms with Gasteiger partial charge in [0.05, 0.1) is 12.1 Å². The van der Waals surface area contributed by atoms with Crippen molar-refractivity contribution in [3.63, 3.8) is 0 Å². The summed E-state index contributed by atoms with van der Waals surface area (Å²) in [5, 5.41) is 15.9. The number of benzene rings is 1. The molecule has 0 bridgehead atoms. The number of nitrogens with one attached hydrogen (secondary N) is 1. The molecule has 3 aromatic rings. The fraction of sp³-hybridized carbons (Fsp3) is 0.300. The summed E-state index contributed by atoms with van der Waals surface area (Å²) >= 11 is 0. The maximum atomic E-state index is 11.0. The maximum Gasteiger partial charge on any atom is 0.335 e. The minimum absolute atomic E-state index is 0.336. The third-order valence-electron chi connectivity index (χ3n) is 4.94. The molecule has 0 aliphatic carbocycles. The topological polar surface area (TPSA) is 82.4 Å². The molecule has 26 heavy (non-hydrogen) atoms. The summed E-state index contributed by atoms with van der Waals surface area (Å²) in [7, 11) is 0. The quantitative estimate of drug-likeness (QED) is 0.731. The zero-order chi connectivity index (χ0) is 17.9. The first-order chi connectivity index (χ1) is 12.7. The molecule has 1 saturated heterocycles. The van der Waals surface area contributed by atoms with Crippen LogP contribution < -0.4 is 0 Å². The van der Waals surface area contributed by atoms with E-state index in [0.29, 0.717) is 11.5 Å². The Hall–Kier alpha value is -2.86. The molecule has 4 rings (SSSR count). The molecule has 0 amide bonds. The smallest absolute Gasteiger partial charge is 0.335 e. The van der Waals surface area contributed by atoms with Gasteiger partial charge in [-0.05, 0) is 61.2 Å². The highest BCUT2D eigenvalue weighted by atomic mass is 16.4. The van der Waals surface area contributed by atoms with E-state index in [0.717, 1.165) is 49.7 Å². The molecular formula is C20H21N3O3. The normalized spacial score (nSPS) is 18.1. The Morgan fingerprint density at radius 1 is 1.23 bits per heavy atom. The fourth-order valence-electron chi connectivity index (χ4n) is 3.59. The number of hydrogen-bond donors (Lipinski definition) is 2. The lowest BCUT2D eigenvalue weighted by atomic mass is 9.90. The highest BCUT2D eigenvalue weighted by Crippen LogP contribution is 2.29. The van der Waals surface area contributed by atoms with E-state index in [2.05, 4.69) is 15.1 Å². The SMILES string of the molecule is O=C(O)c1ccc([C@@H]2CCCN(Cc3ccc(-c4ccn[nH]4)o3)C2)cc1. The molecular weight excluding hydrogens is 330 g/mol. The summed E-state index contributed by atoms with van der Waals surface area (Å²) < 4.78 is 5.94. The predicted molar refractivity (Wildman–Crippen MR) is 96.9 cm³/mol. The summed E-state index contributed by atoms with van der Waals surface area (Å²) in [4.78, 5) is 13.4. The Bertz CT molecular complexity index is 868. The number of likely N-dealkylation sites (tertiary alicyclic amines) is 1. The van der Waals surface area contributed by atoms with Crippen molar-refractivity contribution in [1.82, 2.24) is 15.1 Å². The van der Waals surface area contributed by atoms with E-state index in [9.17, 15) is 4.79 Å². The summed E-state index contributed by atoms with van der Waals surface area (Å²) in [5.41, 5.74) is 2.42. The number of rotatable bonds is 5. The molecule has 2 aromatic heterocycles. The van der Waals surface area contributed by atoms with Gasteiger partial charge < -0.3 is 9.52 Å². The van der Waals surface area contributed by atoms with Crippen molar-refractivity contribution in [2.75, 3.05) is 13.1 Å². The first kappa shape index (κ1) is 16.6. The molecule has 1 fully saturated rings. The van der Waals surface area contributed by atoms with Crippen molar-refractivity contribution in [3.05, 3.63) is 65.5 Å². The average molecular weight is 351 g/mol. The predicted octanol–water partition coefficient (Wildman–Crippen LogP) is 3.75. The van der Waals surface area contributed by atoms with Crippen LogP contribution in [-0.2, 0) is 6.54 Å². The van der Waals surface area contributed by atoms with Crippen LogP contribution in [0.5, 0.6) is 0 Å². The van der Waals surface area contributed by atoms with Crippen molar-refractivity contribution in [2.45, 2.75) is 25.3 Å². The van der Waals surface area contributed by atoms with Gasteiger partial charge in [-0.15, -0.1) is 0 Å². The Balaban J connectivity index is 1.41. The molecule has 6 nitrogen and oxygen atoms in total. The standard InChI is InChI=1S/C20H21N3O3/c24-20(25)15-5-3-14(4-6-15)16-2-1-11-23(12-16)13-17-7-8-19(26-17)18-9-10-21-22-18/h3-10,16H,1-2,11-13H2,(H,21,22)(H,24,25)/t16-/m1/s1. The van der Waals surface area contributed by atoms with Crippen LogP contribution in [0.15, 0.2) is 53.1 Å². The Morgan fingerprint density at radius 2 is 2.08 bits per heavy atom. The number of carboxylic acid groups (broad SMARTS) is 1. The number of nitrogens with zero attached hydrogens (tertiary/aromatic N) is 2. The van der Waals surface area contributed by atoms with Crippen LogP contribution in [0.1, 0.15) is 40.4 Å². The van der Waals surface area contributed by atoms with Gasteiger partial charge in [0.1, 0.15) is 11.5 Å². The molecule has 134 valence electrons. The van der Waals surface area contributed by atoms with Gasteiger partial charge >= 0.3 is 5.97 Å². The lowest BCUT2D eigenvalue weighted by Gasteiger charge is -2.32. The Morgan fingerprint density at radius 3 is 2.81 bits per heavy atom. The van der Waals surface area contributed by atoms with Crippen molar-refractivity contribution in [2.24, 2.45) is 0 Å². The van der Waals surface area contributed by atoms with Gasteiger partial charge in [0.25, 0.3) is 0 Å². The molecule has 6 heteroatoms. The van der Waals surface area contributed by atoms with Gasteiger partial charge in [-0.25, -0.2) is 4.79 Å². The molecule has 0 unspecified atom stereocenters. The molecule has 2 N–H and O–H groups in total. The number of carboxylic acids is 1. The van der Waals surface area contributed by atoms with Gasteiger partial charge in [-0.2, -0.15) is 5.10 Å². The van der Waals surface area contributed by atoms with Gasteiger partial charge in [0.2, 0.25) is 0 Å². The number of aromatic amines is 1. The van der Waals surface area contributed by atoms with Crippen molar-refractivity contribution in [3.8, 4) is 11.5 Å². The van der Waals surface area contributed by atoms with Gasteiger partial charge in [0, 0.05) is 12.7 Å². The third-order valence-corrected chi connectivity index (χ3v) is 4.94. The van der Waals surface area contributed by atoms with Crippen LogP contribution in [0, 0.1) is 0 Å². The average Bonchev–Trinajstić information content (AvgIpc) is 3.34. The van der Waals surface area contributed by atoms with Crippen molar-refractivity contribution in [1.29, 1.82) is 0 Å². The summed E-state index contributed by atoms with van der Waals surface area (Å²) in [6.45, 7) is 2.77. The second-order valence-corrected chi connectivity index (χ2v) is 6.74. The van der Waals surface area contributed by atoms with E-state index < -0.39 is 5.97 Å². The molecule has 1 aliphatic rings. The summed E-state index contributed by atoms with van der Waals surface area (Å²) in [6, 6.07) is 13.2. The third kappa shape index (κ3) is 3.55.